The first kappa shape index (κ1) is 23.6. The minimum Gasteiger partial charge on any atom is -0.398 e. The summed E-state index contributed by atoms with van der Waals surface area (Å²) in [7, 11) is 3.37. The normalized spacial score (nSPS) is 12.3. The van der Waals surface area contributed by atoms with Crippen LogP contribution >= 0.6 is 0 Å². The number of likely N-dealkylation sites (N-methyl/N-ethyl adjacent to an activating group) is 1. The van der Waals surface area contributed by atoms with Crippen LogP contribution in [0.2, 0.25) is 0 Å². The van der Waals surface area contributed by atoms with Gasteiger partial charge < -0.3 is 20.9 Å². The number of ketones is 1. The summed E-state index contributed by atoms with van der Waals surface area (Å²) in [6, 6.07) is 9.79. The van der Waals surface area contributed by atoms with Crippen LogP contribution in [0.25, 0.3) is 17.0 Å². The summed E-state index contributed by atoms with van der Waals surface area (Å²) in [6.45, 7) is 2.36. The Kier molecular flexibility index (Phi) is 7.47. The Balaban J connectivity index is 1.87. The van der Waals surface area contributed by atoms with Gasteiger partial charge in [-0.05, 0) is 31.2 Å². The third kappa shape index (κ3) is 5.58. The second-order valence-corrected chi connectivity index (χ2v) is 7.43. The van der Waals surface area contributed by atoms with Crippen molar-refractivity contribution < 1.29 is 9.59 Å². The molecule has 2 heterocycles. The number of amides is 1. The summed E-state index contributed by atoms with van der Waals surface area (Å²) in [4.78, 5) is 45.4. The number of nitrogens with two attached hydrogens (primary N) is 1. The van der Waals surface area contributed by atoms with Crippen molar-refractivity contribution in [2.24, 2.45) is 5.73 Å². The van der Waals surface area contributed by atoms with Crippen LogP contribution in [-0.2, 0) is 11.3 Å². The standard InChI is InChI=1S/C24H26N6O3/c1-15(24(33)27-3)30-14-18(8-9-23(30)32)20-12-28-13-21(29-20)22(31)10-19(25)17-6-4-16(5-7-17)11-26-2/h4-10,12-15,26H,11,25H2,1-3H3,(H,27,33). The van der Waals surface area contributed by atoms with Gasteiger partial charge in [0.25, 0.3) is 5.56 Å². The predicted octanol–water partition coefficient (Wildman–Crippen LogP) is 1.51. The number of hydrogen-bond donors (Lipinski definition) is 3. The quantitative estimate of drug-likeness (QED) is 0.353. The maximum Gasteiger partial charge on any atom is 0.251 e. The second-order valence-electron chi connectivity index (χ2n) is 7.43. The zero-order valence-corrected chi connectivity index (χ0v) is 18.7. The average Bonchev–Trinajstić information content (AvgIpc) is 2.84. The summed E-state index contributed by atoms with van der Waals surface area (Å²) in [5.41, 5.74) is 8.98. The highest BCUT2D eigenvalue weighted by atomic mass is 16.2. The molecule has 0 aliphatic rings. The first-order chi connectivity index (χ1) is 15.8. The lowest BCUT2D eigenvalue weighted by molar-refractivity contribution is -0.123. The Morgan fingerprint density at radius 1 is 1.12 bits per heavy atom. The van der Waals surface area contributed by atoms with Crippen molar-refractivity contribution in [2.45, 2.75) is 19.5 Å². The number of nitrogens with one attached hydrogen (secondary N) is 2. The van der Waals surface area contributed by atoms with E-state index in [0.29, 0.717) is 17.0 Å². The Bertz CT molecular complexity index is 1250. The SMILES string of the molecule is CNCc1ccc(C(N)=CC(=O)c2cncc(-c3ccc(=O)n(C(C)C(=O)NC)c3)n2)cc1. The van der Waals surface area contributed by atoms with E-state index in [4.69, 9.17) is 5.73 Å². The van der Waals surface area contributed by atoms with E-state index in [-0.39, 0.29) is 17.2 Å². The largest absolute Gasteiger partial charge is 0.398 e. The summed E-state index contributed by atoms with van der Waals surface area (Å²) < 4.78 is 1.31. The first-order valence-electron chi connectivity index (χ1n) is 10.4. The predicted molar refractivity (Wildman–Crippen MR) is 126 cm³/mol. The first-order valence-corrected chi connectivity index (χ1v) is 10.4. The van der Waals surface area contributed by atoms with E-state index in [2.05, 4.69) is 20.6 Å². The van der Waals surface area contributed by atoms with Crippen molar-refractivity contribution in [1.29, 1.82) is 0 Å². The van der Waals surface area contributed by atoms with Crippen molar-refractivity contribution in [3.8, 4) is 11.3 Å². The highest BCUT2D eigenvalue weighted by molar-refractivity contribution is 6.07. The van der Waals surface area contributed by atoms with Gasteiger partial charge in [-0.1, -0.05) is 24.3 Å². The van der Waals surface area contributed by atoms with Gasteiger partial charge in [0.1, 0.15) is 11.7 Å². The molecule has 3 rings (SSSR count). The van der Waals surface area contributed by atoms with E-state index in [1.807, 2.05) is 31.3 Å². The van der Waals surface area contributed by atoms with E-state index < -0.39 is 11.8 Å². The number of aromatic nitrogens is 3. The van der Waals surface area contributed by atoms with Crippen LogP contribution in [0.1, 0.15) is 34.6 Å². The zero-order valence-electron chi connectivity index (χ0n) is 18.7. The van der Waals surface area contributed by atoms with Gasteiger partial charge in [-0.15, -0.1) is 0 Å². The lowest BCUT2D eigenvalue weighted by Gasteiger charge is -2.14. The van der Waals surface area contributed by atoms with E-state index in [0.717, 1.165) is 17.7 Å². The number of carbonyl (C=O) groups excluding carboxylic acids is 2. The molecule has 3 aromatic rings. The molecule has 1 atom stereocenters. The summed E-state index contributed by atoms with van der Waals surface area (Å²) in [5, 5.41) is 5.59. The van der Waals surface area contributed by atoms with Gasteiger partial charge in [0.05, 0.1) is 18.1 Å². The fourth-order valence-electron chi connectivity index (χ4n) is 3.23. The molecule has 1 amide bonds. The molecule has 0 radical (unpaired) electrons. The van der Waals surface area contributed by atoms with Crippen LogP contribution in [0, 0.1) is 0 Å². The maximum absolute atomic E-state index is 12.8. The minimum absolute atomic E-state index is 0.111. The number of hydrogen-bond acceptors (Lipinski definition) is 7. The summed E-state index contributed by atoms with van der Waals surface area (Å²) in [6.07, 6.45) is 5.68. The molecule has 9 nitrogen and oxygen atoms in total. The molecule has 0 aliphatic carbocycles. The molecule has 0 saturated carbocycles. The lowest BCUT2D eigenvalue weighted by atomic mass is 10.1. The van der Waals surface area contributed by atoms with Crippen LogP contribution in [0.3, 0.4) is 0 Å². The fraction of sp³-hybridized carbons (Fsp3) is 0.208. The molecule has 1 aromatic carbocycles. The number of allylic oxidation sites excluding steroid dienone is 1. The third-order valence-corrected chi connectivity index (χ3v) is 5.12. The zero-order chi connectivity index (χ0) is 24.0. The van der Waals surface area contributed by atoms with E-state index in [1.165, 1.54) is 42.3 Å². The molecule has 1 unspecified atom stereocenters. The molecule has 33 heavy (non-hydrogen) atoms. The van der Waals surface area contributed by atoms with Crippen LogP contribution in [-0.4, -0.2) is 40.3 Å². The molecule has 2 aromatic heterocycles. The number of pyridine rings is 1. The van der Waals surface area contributed by atoms with Gasteiger partial charge in [0.2, 0.25) is 11.7 Å². The molecular formula is C24H26N6O3. The van der Waals surface area contributed by atoms with E-state index in [1.54, 1.807) is 13.0 Å². The Morgan fingerprint density at radius 3 is 2.52 bits per heavy atom. The highest BCUT2D eigenvalue weighted by Gasteiger charge is 2.16. The van der Waals surface area contributed by atoms with Gasteiger partial charge in [0.15, 0.2) is 0 Å². The van der Waals surface area contributed by atoms with Crippen molar-refractivity contribution in [1.82, 2.24) is 25.2 Å². The van der Waals surface area contributed by atoms with Crippen LogP contribution in [0.15, 0.2) is 65.9 Å². The molecule has 170 valence electrons. The number of carbonyl (C=O) groups is 2. The van der Waals surface area contributed by atoms with Gasteiger partial charge >= 0.3 is 0 Å². The molecule has 0 fully saturated rings. The molecule has 0 spiro atoms. The molecule has 4 N–H and O–H groups in total. The summed E-state index contributed by atoms with van der Waals surface area (Å²) in [5.74, 6) is -0.697. The Labute approximate surface area is 191 Å². The number of nitrogens with zero attached hydrogens (tertiary/aromatic N) is 3. The third-order valence-electron chi connectivity index (χ3n) is 5.12. The lowest BCUT2D eigenvalue weighted by Crippen LogP contribution is -2.33. The molecular weight excluding hydrogens is 420 g/mol. The smallest absolute Gasteiger partial charge is 0.251 e. The van der Waals surface area contributed by atoms with Gasteiger partial charge in [-0.25, -0.2) is 4.98 Å². The average molecular weight is 447 g/mol. The second kappa shape index (κ2) is 10.5. The van der Waals surface area contributed by atoms with Gasteiger partial charge in [0, 0.05) is 43.2 Å². The molecule has 0 saturated heterocycles. The molecule has 0 bridgehead atoms. The highest BCUT2D eigenvalue weighted by Crippen LogP contribution is 2.17. The molecule has 9 heteroatoms. The van der Waals surface area contributed by atoms with E-state index >= 15 is 0 Å². The van der Waals surface area contributed by atoms with Gasteiger partial charge in [-0.2, -0.15) is 0 Å². The number of benzene rings is 1. The van der Waals surface area contributed by atoms with Crippen LogP contribution in [0.4, 0.5) is 0 Å². The van der Waals surface area contributed by atoms with Crippen molar-refractivity contribution in [3.05, 3.63) is 88.2 Å². The van der Waals surface area contributed by atoms with Crippen LogP contribution < -0.4 is 21.9 Å². The van der Waals surface area contributed by atoms with E-state index in [9.17, 15) is 14.4 Å². The fourth-order valence-corrected chi connectivity index (χ4v) is 3.23. The van der Waals surface area contributed by atoms with Crippen molar-refractivity contribution >= 4 is 17.4 Å². The van der Waals surface area contributed by atoms with Gasteiger partial charge in [-0.3, -0.25) is 19.4 Å². The Hall–Kier alpha value is -4.11. The number of rotatable bonds is 8. The van der Waals surface area contributed by atoms with Crippen molar-refractivity contribution in [2.75, 3.05) is 14.1 Å². The minimum atomic E-state index is -0.706. The Morgan fingerprint density at radius 2 is 1.85 bits per heavy atom. The maximum atomic E-state index is 12.8. The summed E-state index contributed by atoms with van der Waals surface area (Å²) >= 11 is 0. The monoisotopic (exact) mass is 446 g/mol. The molecule has 0 aliphatic heterocycles. The van der Waals surface area contributed by atoms with Crippen LogP contribution in [0.5, 0.6) is 0 Å². The topological polar surface area (TPSA) is 132 Å². The van der Waals surface area contributed by atoms with Crippen molar-refractivity contribution in [3.63, 3.8) is 0 Å².